The molecule has 5 nitrogen and oxygen atoms in total. The molecule has 6 heteroatoms. The molecule has 148 valence electrons. The van der Waals surface area contributed by atoms with E-state index in [1.54, 1.807) is 24.3 Å². The van der Waals surface area contributed by atoms with Crippen LogP contribution in [0.1, 0.15) is 34.0 Å². The number of nitrogens with zero attached hydrogens (tertiary/aromatic N) is 1. The molecule has 1 saturated heterocycles. The van der Waals surface area contributed by atoms with Gasteiger partial charge >= 0.3 is 5.97 Å². The van der Waals surface area contributed by atoms with Gasteiger partial charge in [-0.15, -0.1) is 0 Å². The highest BCUT2D eigenvalue weighted by molar-refractivity contribution is 7.93. The van der Waals surface area contributed by atoms with Crippen molar-refractivity contribution in [3.05, 3.63) is 102 Å². The molecular weight excluding hydrogens is 386 g/mol. The van der Waals surface area contributed by atoms with Crippen molar-refractivity contribution in [3.8, 4) is 0 Å². The Hall–Kier alpha value is -3.12. The van der Waals surface area contributed by atoms with Gasteiger partial charge in [-0.2, -0.15) is 0 Å². The molecule has 3 aromatic rings. The molecule has 4 rings (SSSR count). The SMILES string of the molecule is O=C(OC(c1ccccc1)c1ccccc1)c1ccc(N2CCCS2(=O)=O)cc1. The zero-order valence-electron chi connectivity index (χ0n) is 15.8. The quantitative estimate of drug-likeness (QED) is 0.596. The van der Waals surface area contributed by atoms with E-state index in [1.807, 2.05) is 60.7 Å². The first-order chi connectivity index (χ1) is 14.0. The topological polar surface area (TPSA) is 63.7 Å². The van der Waals surface area contributed by atoms with Crippen LogP contribution in [-0.4, -0.2) is 26.7 Å². The Labute approximate surface area is 170 Å². The third-order valence-corrected chi connectivity index (χ3v) is 6.79. The van der Waals surface area contributed by atoms with Crippen molar-refractivity contribution in [3.63, 3.8) is 0 Å². The first kappa shape index (κ1) is 19.2. The lowest BCUT2D eigenvalue weighted by Crippen LogP contribution is -2.25. The lowest BCUT2D eigenvalue weighted by molar-refractivity contribution is 0.0378. The maximum Gasteiger partial charge on any atom is 0.339 e. The average Bonchev–Trinajstić information content (AvgIpc) is 3.12. The minimum absolute atomic E-state index is 0.159. The van der Waals surface area contributed by atoms with Gasteiger partial charge in [0.15, 0.2) is 6.10 Å². The summed E-state index contributed by atoms with van der Waals surface area (Å²) in [7, 11) is -3.25. The average molecular weight is 407 g/mol. The fourth-order valence-corrected chi connectivity index (χ4v) is 5.02. The van der Waals surface area contributed by atoms with Crippen LogP contribution in [0.25, 0.3) is 0 Å². The fourth-order valence-electron chi connectivity index (χ4n) is 3.45. The van der Waals surface area contributed by atoms with Crippen LogP contribution >= 0.6 is 0 Å². The summed E-state index contributed by atoms with van der Waals surface area (Å²) in [5.41, 5.74) is 2.71. The van der Waals surface area contributed by atoms with Crippen molar-refractivity contribution in [1.29, 1.82) is 0 Å². The van der Waals surface area contributed by atoms with E-state index in [4.69, 9.17) is 4.74 Å². The molecule has 0 N–H and O–H groups in total. The Morgan fingerprint density at radius 3 is 1.86 bits per heavy atom. The maximum absolute atomic E-state index is 12.8. The van der Waals surface area contributed by atoms with Gasteiger partial charge in [0, 0.05) is 6.54 Å². The number of anilines is 1. The van der Waals surface area contributed by atoms with Crippen molar-refractivity contribution < 1.29 is 17.9 Å². The van der Waals surface area contributed by atoms with Gasteiger partial charge in [0.2, 0.25) is 10.0 Å². The molecule has 0 aromatic heterocycles. The van der Waals surface area contributed by atoms with E-state index in [0.717, 1.165) is 11.1 Å². The molecule has 0 amide bonds. The summed E-state index contributed by atoms with van der Waals surface area (Å²) in [6.45, 7) is 0.468. The predicted octanol–water partition coefficient (Wildman–Crippen LogP) is 4.17. The monoisotopic (exact) mass is 407 g/mol. The number of sulfonamides is 1. The van der Waals surface area contributed by atoms with Crippen LogP contribution < -0.4 is 4.31 Å². The van der Waals surface area contributed by atoms with E-state index in [9.17, 15) is 13.2 Å². The summed E-state index contributed by atoms with van der Waals surface area (Å²) >= 11 is 0. The number of rotatable bonds is 5. The van der Waals surface area contributed by atoms with E-state index in [0.29, 0.717) is 24.2 Å². The number of ether oxygens (including phenoxy) is 1. The first-order valence-corrected chi connectivity index (χ1v) is 11.1. The maximum atomic E-state index is 12.8. The molecule has 29 heavy (non-hydrogen) atoms. The van der Waals surface area contributed by atoms with Gasteiger partial charge in [-0.1, -0.05) is 60.7 Å². The van der Waals surface area contributed by atoms with E-state index in [-0.39, 0.29) is 5.75 Å². The van der Waals surface area contributed by atoms with Gasteiger partial charge in [0.05, 0.1) is 17.0 Å². The molecule has 0 bridgehead atoms. The van der Waals surface area contributed by atoms with E-state index >= 15 is 0 Å². The normalized spacial score (nSPS) is 15.4. The third kappa shape index (κ3) is 4.17. The molecule has 1 fully saturated rings. The summed E-state index contributed by atoms with van der Waals surface area (Å²) in [6.07, 6.45) is 0.0885. The third-order valence-electron chi connectivity index (χ3n) is 4.92. The zero-order chi connectivity index (χ0) is 20.3. The molecule has 0 radical (unpaired) electrons. The summed E-state index contributed by atoms with van der Waals surface area (Å²) in [5, 5.41) is 0. The summed E-state index contributed by atoms with van der Waals surface area (Å²) in [5.74, 6) is -0.300. The largest absolute Gasteiger partial charge is 0.449 e. The van der Waals surface area contributed by atoms with Gasteiger partial charge in [0.1, 0.15) is 0 Å². The molecule has 0 unspecified atom stereocenters. The van der Waals surface area contributed by atoms with Crippen molar-refractivity contribution in [2.45, 2.75) is 12.5 Å². The van der Waals surface area contributed by atoms with Crippen molar-refractivity contribution >= 4 is 21.7 Å². The Balaban J connectivity index is 1.57. The summed E-state index contributed by atoms with van der Waals surface area (Å²) in [4.78, 5) is 12.8. The standard InChI is InChI=1S/C23H21NO4S/c25-23(20-12-14-21(15-13-20)24-16-7-17-29(24,26)27)28-22(18-8-3-1-4-9-18)19-10-5-2-6-11-19/h1-6,8-15,22H,7,16-17H2. The number of carbonyl (C=O) groups excluding carboxylic acids is 1. The van der Waals surface area contributed by atoms with Crippen LogP contribution in [0.4, 0.5) is 5.69 Å². The summed E-state index contributed by atoms with van der Waals surface area (Å²) in [6, 6.07) is 25.7. The lowest BCUT2D eigenvalue weighted by Gasteiger charge is -2.20. The smallest absolute Gasteiger partial charge is 0.339 e. The van der Waals surface area contributed by atoms with Crippen LogP contribution in [0.2, 0.25) is 0 Å². The van der Waals surface area contributed by atoms with Crippen molar-refractivity contribution in [2.75, 3.05) is 16.6 Å². The number of hydrogen-bond acceptors (Lipinski definition) is 4. The lowest BCUT2D eigenvalue weighted by atomic mass is 10.0. The van der Waals surface area contributed by atoms with Crippen molar-refractivity contribution in [2.24, 2.45) is 0 Å². The van der Waals surface area contributed by atoms with Crippen molar-refractivity contribution in [1.82, 2.24) is 0 Å². The van der Waals surface area contributed by atoms with Gasteiger partial charge in [0.25, 0.3) is 0 Å². The van der Waals surface area contributed by atoms with Crippen LogP contribution in [0, 0.1) is 0 Å². The van der Waals surface area contributed by atoms with Crippen LogP contribution in [-0.2, 0) is 14.8 Å². The fraction of sp³-hybridized carbons (Fsp3) is 0.174. The van der Waals surface area contributed by atoms with Gasteiger partial charge in [-0.3, -0.25) is 4.31 Å². The highest BCUT2D eigenvalue weighted by Crippen LogP contribution is 2.28. The highest BCUT2D eigenvalue weighted by atomic mass is 32.2. The molecule has 1 aliphatic heterocycles. The van der Waals surface area contributed by atoms with E-state index in [1.165, 1.54) is 4.31 Å². The van der Waals surface area contributed by atoms with Crippen LogP contribution in [0.15, 0.2) is 84.9 Å². The number of benzene rings is 3. The second kappa shape index (κ2) is 8.09. The predicted molar refractivity (Wildman–Crippen MR) is 112 cm³/mol. The second-order valence-corrected chi connectivity index (χ2v) is 8.91. The number of esters is 1. The molecule has 0 aliphatic carbocycles. The van der Waals surface area contributed by atoms with E-state index < -0.39 is 22.1 Å². The highest BCUT2D eigenvalue weighted by Gasteiger charge is 2.28. The van der Waals surface area contributed by atoms with Gasteiger partial charge < -0.3 is 4.74 Å². The van der Waals surface area contributed by atoms with Gasteiger partial charge in [-0.25, -0.2) is 13.2 Å². The molecule has 3 aromatic carbocycles. The number of carbonyl (C=O) groups is 1. The Morgan fingerprint density at radius 2 is 1.38 bits per heavy atom. The minimum Gasteiger partial charge on any atom is -0.449 e. The van der Waals surface area contributed by atoms with Crippen LogP contribution in [0.3, 0.4) is 0 Å². The van der Waals surface area contributed by atoms with Gasteiger partial charge in [-0.05, 0) is 41.8 Å². The minimum atomic E-state index is -3.25. The number of hydrogen-bond donors (Lipinski definition) is 0. The Morgan fingerprint density at radius 1 is 0.828 bits per heavy atom. The zero-order valence-corrected chi connectivity index (χ0v) is 16.6. The Kier molecular flexibility index (Phi) is 5.36. The second-order valence-electron chi connectivity index (χ2n) is 6.90. The Bertz CT molecular complexity index is 1040. The summed E-state index contributed by atoms with van der Waals surface area (Å²) < 4.78 is 31.4. The molecule has 1 aliphatic rings. The molecule has 0 saturated carbocycles. The van der Waals surface area contributed by atoms with E-state index in [2.05, 4.69) is 0 Å². The molecule has 0 spiro atoms. The molecule has 0 atom stereocenters. The van der Waals surface area contributed by atoms with Crippen LogP contribution in [0.5, 0.6) is 0 Å². The first-order valence-electron chi connectivity index (χ1n) is 9.46. The molecule has 1 heterocycles. The molecular formula is C23H21NO4S.